The third-order valence-electron chi connectivity index (χ3n) is 6.93. The maximum absolute atomic E-state index is 12.6. The molecule has 0 saturated heterocycles. The number of aromatic nitrogens is 2. The van der Waals surface area contributed by atoms with E-state index < -0.39 is 0 Å². The van der Waals surface area contributed by atoms with Gasteiger partial charge in [-0.1, -0.05) is 48.5 Å². The highest BCUT2D eigenvalue weighted by molar-refractivity contribution is 5.92. The molecule has 30 heavy (non-hydrogen) atoms. The molecule has 0 spiro atoms. The van der Waals surface area contributed by atoms with Crippen LogP contribution in [0.1, 0.15) is 57.5 Å². The molecule has 1 heterocycles. The van der Waals surface area contributed by atoms with Crippen molar-refractivity contribution < 1.29 is 4.79 Å². The van der Waals surface area contributed by atoms with Gasteiger partial charge in [-0.2, -0.15) is 5.10 Å². The van der Waals surface area contributed by atoms with Crippen LogP contribution in [-0.2, 0) is 11.8 Å². The van der Waals surface area contributed by atoms with Crippen molar-refractivity contribution in [2.75, 3.05) is 6.54 Å². The maximum Gasteiger partial charge on any atom is 0.244 e. The minimum absolute atomic E-state index is 0.0410. The van der Waals surface area contributed by atoms with Crippen molar-refractivity contribution in [3.8, 4) is 0 Å². The lowest BCUT2D eigenvalue weighted by Crippen LogP contribution is -2.39. The van der Waals surface area contributed by atoms with E-state index in [9.17, 15) is 4.79 Å². The van der Waals surface area contributed by atoms with Crippen LogP contribution in [0.5, 0.6) is 0 Å². The molecule has 1 atom stereocenters. The Hall–Kier alpha value is -3.14. The lowest BCUT2D eigenvalue weighted by Gasteiger charge is -2.45. The number of aryl methyl sites for hydroxylation is 2. The van der Waals surface area contributed by atoms with Gasteiger partial charge in [0.25, 0.3) is 0 Å². The quantitative estimate of drug-likeness (QED) is 0.661. The van der Waals surface area contributed by atoms with Gasteiger partial charge in [0.05, 0.1) is 5.69 Å². The van der Waals surface area contributed by atoms with Gasteiger partial charge in [0, 0.05) is 42.8 Å². The highest BCUT2D eigenvalue weighted by atomic mass is 16.1. The number of carbonyl (C=O) groups excluding carboxylic acids is 1. The van der Waals surface area contributed by atoms with Gasteiger partial charge in [-0.3, -0.25) is 9.48 Å². The molecule has 1 N–H and O–H groups in total. The van der Waals surface area contributed by atoms with E-state index >= 15 is 0 Å². The fraction of sp³-hybridized carbons (Fsp3) is 0.308. The third-order valence-corrected chi connectivity index (χ3v) is 6.93. The van der Waals surface area contributed by atoms with E-state index in [4.69, 9.17) is 0 Å². The molecule has 3 aliphatic carbocycles. The molecule has 4 heteroatoms. The molecule has 6 rings (SSSR count). The van der Waals surface area contributed by atoms with E-state index in [1.807, 2.05) is 31.7 Å². The third kappa shape index (κ3) is 2.98. The molecular formula is C26H27N3O. The molecule has 3 aliphatic rings. The SMILES string of the molecule is Cc1nn(C)c(C)c1/C=C/C(=O)NCC1CC2c3ccccc3C1c1ccccc12. The lowest BCUT2D eigenvalue weighted by molar-refractivity contribution is -0.116. The number of hydrogen-bond donors (Lipinski definition) is 1. The smallest absolute Gasteiger partial charge is 0.244 e. The number of amides is 1. The first-order chi connectivity index (χ1) is 14.5. The molecule has 2 aromatic carbocycles. The summed E-state index contributed by atoms with van der Waals surface area (Å²) >= 11 is 0. The molecule has 4 nitrogen and oxygen atoms in total. The number of rotatable bonds is 4. The molecule has 0 saturated carbocycles. The van der Waals surface area contributed by atoms with Crippen LogP contribution in [0.25, 0.3) is 6.08 Å². The molecule has 1 unspecified atom stereocenters. The van der Waals surface area contributed by atoms with Crippen LogP contribution >= 0.6 is 0 Å². The monoisotopic (exact) mass is 397 g/mol. The van der Waals surface area contributed by atoms with Crippen molar-refractivity contribution >= 4 is 12.0 Å². The van der Waals surface area contributed by atoms with Gasteiger partial charge in [0.15, 0.2) is 0 Å². The summed E-state index contributed by atoms with van der Waals surface area (Å²) in [5, 5.41) is 7.57. The lowest BCUT2D eigenvalue weighted by atomic mass is 9.59. The van der Waals surface area contributed by atoms with Crippen molar-refractivity contribution in [2.24, 2.45) is 13.0 Å². The topological polar surface area (TPSA) is 46.9 Å². The van der Waals surface area contributed by atoms with Crippen LogP contribution in [0.3, 0.4) is 0 Å². The van der Waals surface area contributed by atoms with E-state index in [2.05, 4.69) is 58.9 Å². The Labute approximate surface area is 177 Å². The highest BCUT2D eigenvalue weighted by Crippen LogP contribution is 2.55. The number of fused-ring (bicyclic) bond motifs is 1. The van der Waals surface area contributed by atoms with Crippen LogP contribution in [-0.4, -0.2) is 22.2 Å². The fourth-order valence-corrected chi connectivity index (χ4v) is 5.44. The Morgan fingerprint density at radius 2 is 1.67 bits per heavy atom. The van der Waals surface area contributed by atoms with Gasteiger partial charge in [0.2, 0.25) is 5.91 Å². The van der Waals surface area contributed by atoms with Crippen LogP contribution < -0.4 is 5.32 Å². The molecule has 1 aromatic heterocycles. The Bertz CT molecular complexity index is 1110. The van der Waals surface area contributed by atoms with Crippen LogP contribution in [0.4, 0.5) is 0 Å². The first-order valence-electron chi connectivity index (χ1n) is 10.7. The second-order valence-corrected chi connectivity index (χ2v) is 8.57. The summed E-state index contributed by atoms with van der Waals surface area (Å²) in [4.78, 5) is 12.6. The molecule has 0 aliphatic heterocycles. The number of nitrogens with one attached hydrogen (secondary N) is 1. The van der Waals surface area contributed by atoms with Gasteiger partial charge in [0.1, 0.15) is 0 Å². The Morgan fingerprint density at radius 1 is 1.07 bits per heavy atom. The zero-order valence-electron chi connectivity index (χ0n) is 17.7. The molecular weight excluding hydrogens is 370 g/mol. The van der Waals surface area contributed by atoms with Crippen molar-refractivity contribution in [1.82, 2.24) is 15.1 Å². The second kappa shape index (κ2) is 7.28. The fourth-order valence-electron chi connectivity index (χ4n) is 5.44. The van der Waals surface area contributed by atoms with E-state index in [1.165, 1.54) is 22.3 Å². The summed E-state index contributed by atoms with van der Waals surface area (Å²) in [7, 11) is 1.92. The average molecular weight is 398 g/mol. The zero-order chi connectivity index (χ0) is 20.8. The molecule has 3 aromatic rings. The van der Waals surface area contributed by atoms with E-state index in [0.29, 0.717) is 24.3 Å². The van der Waals surface area contributed by atoms with E-state index in [0.717, 1.165) is 23.4 Å². The average Bonchev–Trinajstić information content (AvgIpc) is 3.01. The normalized spacial score (nSPS) is 21.5. The van der Waals surface area contributed by atoms with Crippen LogP contribution in [0.15, 0.2) is 54.6 Å². The number of hydrogen-bond acceptors (Lipinski definition) is 2. The molecule has 2 bridgehead atoms. The first kappa shape index (κ1) is 18.9. The number of benzene rings is 2. The molecule has 152 valence electrons. The Morgan fingerprint density at radius 3 is 2.23 bits per heavy atom. The van der Waals surface area contributed by atoms with Crippen molar-refractivity contribution in [1.29, 1.82) is 0 Å². The summed E-state index contributed by atoms with van der Waals surface area (Å²) in [6.07, 6.45) is 4.61. The van der Waals surface area contributed by atoms with E-state index in [-0.39, 0.29) is 5.91 Å². The summed E-state index contributed by atoms with van der Waals surface area (Å²) < 4.78 is 1.85. The minimum Gasteiger partial charge on any atom is -0.352 e. The van der Waals surface area contributed by atoms with Crippen molar-refractivity contribution in [2.45, 2.75) is 32.1 Å². The minimum atomic E-state index is -0.0410. The standard InChI is InChI=1S/C26H27N3O/c1-16-19(17(2)29(3)28-16)12-13-25(30)27-15-18-14-24-20-8-4-6-10-22(20)26(18)23-11-7-5-9-21(23)24/h4-13,18,24,26H,14-15H2,1-3H3,(H,27,30)/b13-12+. The number of carbonyl (C=O) groups is 1. The molecule has 0 fully saturated rings. The van der Waals surface area contributed by atoms with Gasteiger partial charge in [-0.25, -0.2) is 0 Å². The number of nitrogens with zero attached hydrogens (tertiary/aromatic N) is 2. The predicted octanol–water partition coefficient (Wildman–Crippen LogP) is 4.46. The summed E-state index contributed by atoms with van der Waals surface area (Å²) in [6, 6.07) is 17.7. The van der Waals surface area contributed by atoms with Crippen LogP contribution in [0, 0.1) is 19.8 Å². The Balaban J connectivity index is 1.34. The second-order valence-electron chi connectivity index (χ2n) is 8.57. The maximum atomic E-state index is 12.6. The van der Waals surface area contributed by atoms with Gasteiger partial charge >= 0.3 is 0 Å². The predicted molar refractivity (Wildman–Crippen MR) is 119 cm³/mol. The van der Waals surface area contributed by atoms with Gasteiger partial charge in [-0.05, 0) is 54.5 Å². The highest BCUT2D eigenvalue weighted by Gasteiger charge is 2.42. The van der Waals surface area contributed by atoms with Crippen LogP contribution in [0.2, 0.25) is 0 Å². The van der Waals surface area contributed by atoms with Gasteiger partial charge in [-0.15, -0.1) is 0 Å². The summed E-state index contributed by atoms with van der Waals surface area (Å²) in [6.45, 7) is 4.68. The molecule has 0 radical (unpaired) electrons. The van der Waals surface area contributed by atoms with E-state index in [1.54, 1.807) is 6.08 Å². The molecule has 1 amide bonds. The first-order valence-corrected chi connectivity index (χ1v) is 10.7. The largest absolute Gasteiger partial charge is 0.352 e. The zero-order valence-corrected chi connectivity index (χ0v) is 17.7. The Kier molecular flexibility index (Phi) is 4.58. The van der Waals surface area contributed by atoms with Gasteiger partial charge < -0.3 is 5.32 Å². The summed E-state index contributed by atoms with van der Waals surface area (Å²) in [5.41, 5.74) is 8.82. The summed E-state index contributed by atoms with van der Waals surface area (Å²) in [5.74, 6) is 1.16. The van der Waals surface area contributed by atoms with Crippen molar-refractivity contribution in [3.05, 3.63) is 93.8 Å². The van der Waals surface area contributed by atoms with Crippen molar-refractivity contribution in [3.63, 3.8) is 0 Å².